The highest BCUT2D eigenvalue weighted by Gasteiger charge is 2.09. The number of ether oxygens (including phenoxy) is 2. The SMILES string of the molecule is CCCCCCCCCCCOC(=O)CCCCC(=O)OC(C)CCCC. The van der Waals surface area contributed by atoms with Crippen LogP contribution in [0.1, 0.15) is 124 Å². The van der Waals surface area contributed by atoms with Crippen molar-refractivity contribution in [2.75, 3.05) is 6.61 Å². The molecule has 160 valence electrons. The first-order valence-electron chi connectivity index (χ1n) is 11.4. The molecule has 0 aliphatic carbocycles. The van der Waals surface area contributed by atoms with Crippen LogP contribution >= 0.6 is 0 Å². The Balaban J connectivity index is 3.38. The van der Waals surface area contributed by atoms with Gasteiger partial charge in [0.25, 0.3) is 0 Å². The van der Waals surface area contributed by atoms with Crippen LogP contribution in [0.25, 0.3) is 0 Å². The van der Waals surface area contributed by atoms with Crippen LogP contribution in [0.2, 0.25) is 0 Å². The summed E-state index contributed by atoms with van der Waals surface area (Å²) in [4.78, 5) is 23.4. The Hall–Kier alpha value is -1.06. The van der Waals surface area contributed by atoms with Gasteiger partial charge in [0, 0.05) is 12.8 Å². The quantitative estimate of drug-likeness (QED) is 0.183. The fourth-order valence-electron chi connectivity index (χ4n) is 3.04. The molecule has 4 nitrogen and oxygen atoms in total. The van der Waals surface area contributed by atoms with Gasteiger partial charge in [-0.05, 0) is 32.6 Å². The first-order valence-corrected chi connectivity index (χ1v) is 11.4. The Morgan fingerprint density at radius 1 is 0.667 bits per heavy atom. The third-order valence-corrected chi connectivity index (χ3v) is 4.82. The molecular weight excluding hydrogens is 340 g/mol. The van der Waals surface area contributed by atoms with Crippen molar-refractivity contribution in [1.29, 1.82) is 0 Å². The summed E-state index contributed by atoms with van der Waals surface area (Å²) >= 11 is 0. The number of esters is 2. The van der Waals surface area contributed by atoms with E-state index in [1.165, 1.54) is 44.9 Å². The van der Waals surface area contributed by atoms with Gasteiger partial charge in [0.05, 0.1) is 12.7 Å². The molecule has 0 radical (unpaired) electrons. The summed E-state index contributed by atoms with van der Waals surface area (Å²) in [5, 5.41) is 0. The summed E-state index contributed by atoms with van der Waals surface area (Å²) in [5.41, 5.74) is 0. The second-order valence-corrected chi connectivity index (χ2v) is 7.70. The average Bonchev–Trinajstić information content (AvgIpc) is 2.65. The van der Waals surface area contributed by atoms with E-state index in [0.29, 0.717) is 32.3 Å². The van der Waals surface area contributed by atoms with Gasteiger partial charge in [0.15, 0.2) is 0 Å². The average molecular weight is 385 g/mol. The molecule has 1 atom stereocenters. The minimum absolute atomic E-state index is 0.00115. The van der Waals surface area contributed by atoms with Crippen molar-refractivity contribution in [2.45, 2.75) is 130 Å². The van der Waals surface area contributed by atoms with Crippen molar-refractivity contribution in [2.24, 2.45) is 0 Å². The molecule has 0 aromatic rings. The molecule has 0 amide bonds. The van der Waals surface area contributed by atoms with Crippen molar-refractivity contribution in [1.82, 2.24) is 0 Å². The lowest BCUT2D eigenvalue weighted by Gasteiger charge is -2.12. The van der Waals surface area contributed by atoms with E-state index in [1.807, 2.05) is 6.92 Å². The number of hydrogen-bond acceptors (Lipinski definition) is 4. The highest BCUT2D eigenvalue weighted by molar-refractivity contribution is 5.70. The van der Waals surface area contributed by atoms with Crippen LogP contribution in [0, 0.1) is 0 Å². The molecule has 0 aromatic heterocycles. The van der Waals surface area contributed by atoms with Gasteiger partial charge < -0.3 is 9.47 Å². The van der Waals surface area contributed by atoms with Crippen molar-refractivity contribution in [3.8, 4) is 0 Å². The lowest BCUT2D eigenvalue weighted by molar-refractivity contribution is -0.149. The molecule has 0 saturated carbocycles. The maximum Gasteiger partial charge on any atom is 0.306 e. The Kier molecular flexibility index (Phi) is 18.9. The summed E-state index contributed by atoms with van der Waals surface area (Å²) in [7, 11) is 0. The van der Waals surface area contributed by atoms with Crippen LogP contribution in [-0.4, -0.2) is 24.6 Å². The molecule has 1 unspecified atom stereocenters. The van der Waals surface area contributed by atoms with E-state index < -0.39 is 0 Å². The zero-order valence-corrected chi connectivity index (χ0v) is 18.2. The van der Waals surface area contributed by atoms with Crippen LogP contribution in [0.15, 0.2) is 0 Å². The third-order valence-electron chi connectivity index (χ3n) is 4.82. The highest BCUT2D eigenvalue weighted by atomic mass is 16.5. The fourth-order valence-corrected chi connectivity index (χ4v) is 3.04. The maximum absolute atomic E-state index is 11.7. The van der Waals surface area contributed by atoms with Gasteiger partial charge in [-0.3, -0.25) is 9.59 Å². The van der Waals surface area contributed by atoms with Gasteiger partial charge in [-0.2, -0.15) is 0 Å². The molecule has 0 bridgehead atoms. The number of carbonyl (C=O) groups is 2. The van der Waals surface area contributed by atoms with Crippen molar-refractivity contribution in [3.63, 3.8) is 0 Å². The number of rotatable bonds is 19. The smallest absolute Gasteiger partial charge is 0.306 e. The van der Waals surface area contributed by atoms with Crippen LogP contribution in [0.3, 0.4) is 0 Å². The fraction of sp³-hybridized carbons (Fsp3) is 0.913. The molecule has 0 aliphatic heterocycles. The summed E-state index contributed by atoms with van der Waals surface area (Å²) in [6, 6.07) is 0. The zero-order valence-electron chi connectivity index (χ0n) is 18.2. The van der Waals surface area contributed by atoms with E-state index in [4.69, 9.17) is 9.47 Å². The Morgan fingerprint density at radius 2 is 1.19 bits per heavy atom. The predicted molar refractivity (Wildman–Crippen MR) is 112 cm³/mol. The third kappa shape index (κ3) is 19.5. The van der Waals surface area contributed by atoms with E-state index in [9.17, 15) is 9.59 Å². The van der Waals surface area contributed by atoms with Gasteiger partial charge in [-0.1, -0.05) is 78.1 Å². The Morgan fingerprint density at radius 3 is 1.78 bits per heavy atom. The van der Waals surface area contributed by atoms with Gasteiger partial charge in [0.2, 0.25) is 0 Å². The highest BCUT2D eigenvalue weighted by Crippen LogP contribution is 2.10. The van der Waals surface area contributed by atoms with Crippen molar-refractivity contribution >= 4 is 11.9 Å². The Labute approximate surface area is 167 Å². The first-order chi connectivity index (χ1) is 13.1. The monoisotopic (exact) mass is 384 g/mol. The molecule has 0 rings (SSSR count). The molecule has 0 aromatic carbocycles. The number of hydrogen-bond donors (Lipinski definition) is 0. The Bertz CT molecular complexity index is 354. The van der Waals surface area contributed by atoms with E-state index in [0.717, 1.165) is 32.1 Å². The maximum atomic E-state index is 11.7. The molecule has 0 heterocycles. The number of unbranched alkanes of at least 4 members (excludes halogenated alkanes) is 10. The zero-order chi connectivity index (χ0) is 20.2. The second kappa shape index (κ2) is 19.7. The standard InChI is InChI=1S/C23H44O4/c1-4-6-8-9-10-11-12-13-16-20-26-22(24)18-14-15-19-23(25)27-21(3)17-7-5-2/h21H,4-20H2,1-3H3. The van der Waals surface area contributed by atoms with Crippen LogP contribution in [0.5, 0.6) is 0 Å². The van der Waals surface area contributed by atoms with E-state index in [-0.39, 0.29) is 18.0 Å². The summed E-state index contributed by atoms with van der Waals surface area (Å²) in [6.07, 6.45) is 16.6. The van der Waals surface area contributed by atoms with E-state index >= 15 is 0 Å². The van der Waals surface area contributed by atoms with Gasteiger partial charge in [0.1, 0.15) is 0 Å². The van der Waals surface area contributed by atoms with Gasteiger partial charge >= 0.3 is 11.9 Å². The molecule has 0 spiro atoms. The predicted octanol–water partition coefficient (Wildman–Crippen LogP) is 6.74. The van der Waals surface area contributed by atoms with Crippen molar-refractivity contribution in [3.05, 3.63) is 0 Å². The minimum Gasteiger partial charge on any atom is -0.466 e. The molecule has 4 heteroatoms. The normalized spacial score (nSPS) is 12.0. The van der Waals surface area contributed by atoms with Crippen molar-refractivity contribution < 1.29 is 19.1 Å². The second-order valence-electron chi connectivity index (χ2n) is 7.70. The van der Waals surface area contributed by atoms with Crippen LogP contribution < -0.4 is 0 Å². The molecule has 0 saturated heterocycles. The van der Waals surface area contributed by atoms with Gasteiger partial charge in [-0.25, -0.2) is 0 Å². The van der Waals surface area contributed by atoms with Crippen LogP contribution in [0.4, 0.5) is 0 Å². The lowest BCUT2D eigenvalue weighted by Crippen LogP contribution is -2.14. The number of carbonyl (C=O) groups excluding carboxylic acids is 2. The van der Waals surface area contributed by atoms with Crippen LogP contribution in [-0.2, 0) is 19.1 Å². The molecule has 27 heavy (non-hydrogen) atoms. The first kappa shape index (κ1) is 25.9. The summed E-state index contributed by atoms with van der Waals surface area (Å²) < 4.78 is 10.6. The summed E-state index contributed by atoms with van der Waals surface area (Å²) in [6.45, 7) is 6.84. The molecule has 0 fully saturated rings. The lowest BCUT2D eigenvalue weighted by atomic mass is 10.1. The van der Waals surface area contributed by atoms with E-state index in [1.54, 1.807) is 0 Å². The molecule has 0 aliphatic rings. The molecule has 0 N–H and O–H groups in total. The minimum atomic E-state index is -0.151. The molecular formula is C23H44O4. The summed E-state index contributed by atoms with van der Waals surface area (Å²) in [5.74, 6) is -0.291. The topological polar surface area (TPSA) is 52.6 Å². The largest absolute Gasteiger partial charge is 0.466 e. The van der Waals surface area contributed by atoms with E-state index in [2.05, 4.69) is 13.8 Å². The van der Waals surface area contributed by atoms with Gasteiger partial charge in [-0.15, -0.1) is 0 Å².